The molecule has 0 bridgehead atoms. The van der Waals surface area contributed by atoms with Crippen LogP contribution in [0.3, 0.4) is 0 Å². The van der Waals surface area contributed by atoms with Gasteiger partial charge >= 0.3 is 5.97 Å². The SMILES string of the molecule is CCOC1CCCC(NC(C)C)(C(=O)O)C1. The van der Waals surface area contributed by atoms with Crippen molar-refractivity contribution in [3.8, 4) is 0 Å². The van der Waals surface area contributed by atoms with Crippen molar-refractivity contribution in [2.24, 2.45) is 0 Å². The lowest BCUT2D eigenvalue weighted by Crippen LogP contribution is -2.58. The first-order chi connectivity index (χ1) is 7.50. The third kappa shape index (κ3) is 3.19. The number of hydrogen-bond acceptors (Lipinski definition) is 3. The maximum Gasteiger partial charge on any atom is 0.324 e. The van der Waals surface area contributed by atoms with Crippen LogP contribution < -0.4 is 5.32 Å². The minimum Gasteiger partial charge on any atom is -0.480 e. The maximum atomic E-state index is 11.4. The number of aliphatic carboxylic acids is 1. The molecule has 0 aromatic heterocycles. The Morgan fingerprint density at radius 1 is 1.62 bits per heavy atom. The van der Waals surface area contributed by atoms with Gasteiger partial charge in [-0.3, -0.25) is 10.1 Å². The fourth-order valence-electron chi connectivity index (χ4n) is 2.54. The molecular weight excluding hydrogens is 206 g/mol. The van der Waals surface area contributed by atoms with Gasteiger partial charge in [0, 0.05) is 19.1 Å². The summed E-state index contributed by atoms with van der Waals surface area (Å²) in [6.45, 7) is 6.57. The van der Waals surface area contributed by atoms with E-state index in [9.17, 15) is 9.90 Å². The number of carbonyl (C=O) groups is 1. The highest BCUT2D eigenvalue weighted by atomic mass is 16.5. The molecule has 16 heavy (non-hydrogen) atoms. The second-order valence-electron chi connectivity index (χ2n) is 4.86. The van der Waals surface area contributed by atoms with Crippen molar-refractivity contribution >= 4 is 5.97 Å². The van der Waals surface area contributed by atoms with E-state index in [2.05, 4.69) is 5.32 Å². The predicted octanol–water partition coefficient (Wildman–Crippen LogP) is 1.79. The monoisotopic (exact) mass is 229 g/mol. The third-order valence-corrected chi connectivity index (χ3v) is 3.08. The fourth-order valence-corrected chi connectivity index (χ4v) is 2.54. The average Bonchev–Trinajstić information content (AvgIpc) is 2.17. The van der Waals surface area contributed by atoms with E-state index < -0.39 is 11.5 Å². The Labute approximate surface area is 97.4 Å². The van der Waals surface area contributed by atoms with Crippen LogP contribution in [-0.4, -0.2) is 35.4 Å². The molecule has 1 rings (SSSR count). The molecular formula is C12H23NO3. The van der Waals surface area contributed by atoms with Gasteiger partial charge in [0.1, 0.15) is 5.54 Å². The molecule has 2 unspecified atom stereocenters. The van der Waals surface area contributed by atoms with Crippen LogP contribution in [-0.2, 0) is 9.53 Å². The molecule has 0 aromatic rings. The summed E-state index contributed by atoms with van der Waals surface area (Å²) in [5.41, 5.74) is -0.785. The first kappa shape index (κ1) is 13.5. The highest BCUT2D eigenvalue weighted by Crippen LogP contribution is 2.31. The van der Waals surface area contributed by atoms with Crippen LogP contribution in [0.1, 0.15) is 46.5 Å². The highest BCUT2D eigenvalue weighted by Gasteiger charge is 2.43. The van der Waals surface area contributed by atoms with E-state index in [1.54, 1.807) is 0 Å². The van der Waals surface area contributed by atoms with E-state index in [-0.39, 0.29) is 12.1 Å². The van der Waals surface area contributed by atoms with Crippen LogP contribution in [0.25, 0.3) is 0 Å². The molecule has 1 saturated carbocycles. The predicted molar refractivity (Wildman–Crippen MR) is 62.5 cm³/mol. The lowest BCUT2D eigenvalue weighted by Gasteiger charge is -2.39. The Hall–Kier alpha value is -0.610. The number of hydrogen-bond donors (Lipinski definition) is 2. The van der Waals surface area contributed by atoms with Gasteiger partial charge < -0.3 is 9.84 Å². The zero-order valence-electron chi connectivity index (χ0n) is 10.5. The minimum absolute atomic E-state index is 0.0844. The molecule has 1 fully saturated rings. The summed E-state index contributed by atoms with van der Waals surface area (Å²) in [7, 11) is 0. The van der Waals surface area contributed by atoms with Gasteiger partial charge in [0.25, 0.3) is 0 Å². The van der Waals surface area contributed by atoms with E-state index in [1.807, 2.05) is 20.8 Å². The lowest BCUT2D eigenvalue weighted by molar-refractivity contribution is -0.149. The average molecular weight is 229 g/mol. The minimum atomic E-state index is -0.785. The van der Waals surface area contributed by atoms with E-state index >= 15 is 0 Å². The molecule has 0 aromatic carbocycles. The van der Waals surface area contributed by atoms with Gasteiger partial charge in [-0.25, -0.2) is 0 Å². The van der Waals surface area contributed by atoms with E-state index in [1.165, 1.54) is 0 Å². The van der Waals surface area contributed by atoms with Crippen molar-refractivity contribution < 1.29 is 14.6 Å². The first-order valence-corrected chi connectivity index (χ1v) is 6.13. The van der Waals surface area contributed by atoms with Crippen molar-refractivity contribution in [1.29, 1.82) is 0 Å². The van der Waals surface area contributed by atoms with Crippen LogP contribution in [0.5, 0.6) is 0 Å². The maximum absolute atomic E-state index is 11.4. The molecule has 0 heterocycles. The molecule has 1 aliphatic rings. The van der Waals surface area contributed by atoms with Gasteiger partial charge in [0.2, 0.25) is 0 Å². The van der Waals surface area contributed by atoms with Crippen molar-refractivity contribution in [2.45, 2.75) is 64.1 Å². The summed E-state index contributed by atoms with van der Waals surface area (Å²) in [6.07, 6.45) is 3.25. The van der Waals surface area contributed by atoms with Crippen LogP contribution in [0.15, 0.2) is 0 Å². The number of carboxylic acid groups (broad SMARTS) is 1. The van der Waals surface area contributed by atoms with E-state index in [4.69, 9.17) is 4.74 Å². The fraction of sp³-hybridized carbons (Fsp3) is 0.917. The number of carboxylic acids is 1. The zero-order valence-corrected chi connectivity index (χ0v) is 10.5. The Morgan fingerprint density at radius 3 is 2.81 bits per heavy atom. The van der Waals surface area contributed by atoms with E-state index in [0.717, 1.165) is 12.8 Å². The summed E-state index contributed by atoms with van der Waals surface area (Å²) in [4.78, 5) is 11.4. The Balaban J connectivity index is 2.72. The molecule has 94 valence electrons. The Kier molecular flexibility index (Phi) is 4.74. The summed E-state index contributed by atoms with van der Waals surface area (Å²) < 4.78 is 5.57. The van der Waals surface area contributed by atoms with Crippen molar-refractivity contribution in [3.63, 3.8) is 0 Å². The van der Waals surface area contributed by atoms with Crippen molar-refractivity contribution in [2.75, 3.05) is 6.61 Å². The third-order valence-electron chi connectivity index (χ3n) is 3.08. The highest BCUT2D eigenvalue weighted by molar-refractivity contribution is 5.79. The molecule has 0 radical (unpaired) electrons. The molecule has 0 amide bonds. The van der Waals surface area contributed by atoms with Crippen LogP contribution >= 0.6 is 0 Å². The van der Waals surface area contributed by atoms with E-state index in [0.29, 0.717) is 19.4 Å². The molecule has 0 saturated heterocycles. The van der Waals surface area contributed by atoms with Gasteiger partial charge in [-0.15, -0.1) is 0 Å². The molecule has 1 aliphatic carbocycles. The lowest BCUT2D eigenvalue weighted by atomic mass is 9.79. The van der Waals surface area contributed by atoms with Crippen molar-refractivity contribution in [3.05, 3.63) is 0 Å². The van der Waals surface area contributed by atoms with Gasteiger partial charge in [-0.1, -0.05) is 0 Å². The second kappa shape index (κ2) is 5.64. The molecule has 0 aliphatic heterocycles. The zero-order chi connectivity index (χ0) is 12.2. The van der Waals surface area contributed by atoms with Crippen LogP contribution in [0.2, 0.25) is 0 Å². The number of nitrogens with one attached hydrogen (secondary N) is 1. The number of rotatable bonds is 5. The molecule has 0 spiro atoms. The van der Waals surface area contributed by atoms with Crippen LogP contribution in [0, 0.1) is 0 Å². The summed E-state index contributed by atoms with van der Waals surface area (Å²) in [5.74, 6) is -0.745. The van der Waals surface area contributed by atoms with Gasteiger partial charge in [0.15, 0.2) is 0 Å². The Morgan fingerprint density at radius 2 is 2.31 bits per heavy atom. The largest absolute Gasteiger partial charge is 0.480 e. The van der Waals surface area contributed by atoms with Gasteiger partial charge in [0.05, 0.1) is 6.10 Å². The second-order valence-corrected chi connectivity index (χ2v) is 4.86. The number of ether oxygens (including phenoxy) is 1. The van der Waals surface area contributed by atoms with Crippen LogP contribution in [0.4, 0.5) is 0 Å². The summed E-state index contributed by atoms with van der Waals surface area (Å²) in [6, 6.07) is 0.177. The smallest absolute Gasteiger partial charge is 0.324 e. The van der Waals surface area contributed by atoms with Gasteiger partial charge in [-0.05, 0) is 40.0 Å². The normalized spacial score (nSPS) is 30.6. The molecule has 2 atom stereocenters. The van der Waals surface area contributed by atoms with Gasteiger partial charge in [-0.2, -0.15) is 0 Å². The first-order valence-electron chi connectivity index (χ1n) is 6.13. The summed E-state index contributed by atoms with van der Waals surface area (Å²) >= 11 is 0. The standard InChI is InChI=1S/C12H23NO3/c1-4-16-10-6-5-7-12(8-10,11(14)15)13-9(2)3/h9-10,13H,4-8H2,1-3H3,(H,14,15). The summed E-state index contributed by atoms with van der Waals surface area (Å²) in [5, 5.41) is 12.6. The molecule has 4 heteroatoms. The quantitative estimate of drug-likeness (QED) is 0.754. The Bertz CT molecular complexity index is 240. The molecule has 4 nitrogen and oxygen atoms in total. The molecule has 2 N–H and O–H groups in total. The topological polar surface area (TPSA) is 58.6 Å². The van der Waals surface area contributed by atoms with Crippen molar-refractivity contribution in [1.82, 2.24) is 5.32 Å².